The summed E-state index contributed by atoms with van der Waals surface area (Å²) in [5.74, 6) is 0.191. The highest BCUT2D eigenvalue weighted by Gasteiger charge is 2.04. The van der Waals surface area contributed by atoms with E-state index in [-0.39, 0.29) is 18.3 Å². The number of amides is 1. The van der Waals surface area contributed by atoms with Crippen LogP contribution < -0.4 is 10.1 Å². The molecule has 0 saturated heterocycles. The van der Waals surface area contributed by atoms with Gasteiger partial charge in [-0.05, 0) is 36.3 Å². The lowest BCUT2D eigenvalue weighted by molar-refractivity contribution is -0.116. The van der Waals surface area contributed by atoms with Crippen LogP contribution in [-0.4, -0.2) is 13.0 Å². The summed E-state index contributed by atoms with van der Waals surface area (Å²) in [4.78, 5) is 11.9. The maximum Gasteiger partial charge on any atom is 0.244 e. The molecule has 0 aromatic heterocycles. The van der Waals surface area contributed by atoms with Crippen molar-refractivity contribution < 1.29 is 13.9 Å². The molecule has 0 aliphatic carbocycles. The minimum atomic E-state index is -0.321. The Kier molecular flexibility index (Phi) is 5.31. The molecule has 3 nitrogen and oxygen atoms in total. The molecule has 0 heterocycles. The van der Waals surface area contributed by atoms with Crippen molar-refractivity contribution in [3.63, 3.8) is 0 Å². The largest absolute Gasteiger partial charge is 0.497 e. The van der Waals surface area contributed by atoms with E-state index in [1.165, 1.54) is 12.1 Å². The van der Waals surface area contributed by atoms with Crippen molar-refractivity contribution in [3.05, 3.63) is 71.6 Å². The zero-order chi connectivity index (χ0) is 15.9. The lowest BCUT2D eigenvalue weighted by Crippen LogP contribution is -2.21. The molecule has 0 unspecified atom stereocenters. The first kappa shape index (κ1) is 15.8. The number of ether oxygens (including phenoxy) is 1. The predicted octanol–water partition coefficient (Wildman–Crippen LogP) is 3.55. The molecule has 0 bridgehead atoms. The molecule has 0 atom stereocenters. The van der Waals surface area contributed by atoms with Gasteiger partial charge >= 0.3 is 0 Å². The number of carbonyl (C=O) groups is 1. The standard InChI is InChI=1S/C18H18FNO2/c1-13(14-7-9-16(22-2)10-8-14)11-18(21)20-12-15-5-3-4-6-17(15)19/h3-11H,12H2,1-2H3,(H,20,21)/b13-11+. The number of halogens is 1. The topological polar surface area (TPSA) is 38.3 Å². The summed E-state index contributed by atoms with van der Waals surface area (Å²) in [5.41, 5.74) is 2.22. The number of benzene rings is 2. The molecule has 1 amide bonds. The van der Waals surface area contributed by atoms with Gasteiger partial charge in [0.1, 0.15) is 11.6 Å². The molecule has 0 spiro atoms. The van der Waals surface area contributed by atoms with E-state index in [0.29, 0.717) is 5.56 Å². The van der Waals surface area contributed by atoms with Gasteiger partial charge in [0.25, 0.3) is 0 Å². The van der Waals surface area contributed by atoms with Gasteiger partial charge in [-0.3, -0.25) is 4.79 Å². The molecule has 0 saturated carbocycles. The zero-order valence-electron chi connectivity index (χ0n) is 12.6. The van der Waals surface area contributed by atoms with E-state index in [4.69, 9.17) is 4.74 Å². The van der Waals surface area contributed by atoms with E-state index in [0.717, 1.165) is 16.9 Å². The Morgan fingerprint density at radius 1 is 1.18 bits per heavy atom. The second-order valence-electron chi connectivity index (χ2n) is 4.87. The summed E-state index contributed by atoms with van der Waals surface area (Å²) in [5, 5.41) is 2.68. The van der Waals surface area contributed by atoms with Crippen LogP contribution in [0.3, 0.4) is 0 Å². The maximum absolute atomic E-state index is 13.5. The molecule has 0 aliphatic rings. The molecule has 0 fully saturated rings. The van der Waals surface area contributed by atoms with Crippen molar-refractivity contribution in [1.82, 2.24) is 5.32 Å². The Bertz CT molecular complexity index is 678. The van der Waals surface area contributed by atoms with Crippen LogP contribution in [0, 0.1) is 5.82 Å². The van der Waals surface area contributed by atoms with E-state index in [2.05, 4.69) is 5.32 Å². The monoisotopic (exact) mass is 299 g/mol. The van der Waals surface area contributed by atoms with E-state index in [1.54, 1.807) is 25.3 Å². The third kappa shape index (κ3) is 4.19. The molecule has 0 aliphatic heterocycles. The summed E-state index contributed by atoms with van der Waals surface area (Å²) < 4.78 is 18.6. The molecular weight excluding hydrogens is 281 g/mol. The van der Waals surface area contributed by atoms with Crippen LogP contribution in [0.2, 0.25) is 0 Å². The second-order valence-corrected chi connectivity index (χ2v) is 4.87. The van der Waals surface area contributed by atoms with Crippen molar-refractivity contribution in [2.24, 2.45) is 0 Å². The zero-order valence-corrected chi connectivity index (χ0v) is 12.6. The van der Waals surface area contributed by atoms with Gasteiger partial charge in [-0.1, -0.05) is 30.3 Å². The number of methoxy groups -OCH3 is 1. The highest BCUT2D eigenvalue weighted by molar-refractivity contribution is 5.94. The van der Waals surface area contributed by atoms with Gasteiger partial charge < -0.3 is 10.1 Å². The molecule has 1 N–H and O–H groups in total. The SMILES string of the molecule is COc1ccc(/C(C)=C/C(=O)NCc2ccccc2F)cc1. The van der Waals surface area contributed by atoms with Gasteiger partial charge in [-0.15, -0.1) is 0 Å². The molecule has 0 radical (unpaired) electrons. The van der Waals surface area contributed by atoms with Crippen LogP contribution in [0.25, 0.3) is 5.57 Å². The van der Waals surface area contributed by atoms with Gasteiger partial charge in [0.15, 0.2) is 0 Å². The first-order valence-corrected chi connectivity index (χ1v) is 6.94. The summed E-state index contributed by atoms with van der Waals surface area (Å²) in [6.45, 7) is 2.02. The summed E-state index contributed by atoms with van der Waals surface area (Å²) in [6, 6.07) is 13.8. The Morgan fingerprint density at radius 2 is 1.86 bits per heavy atom. The molecular formula is C18H18FNO2. The van der Waals surface area contributed by atoms with Crippen molar-refractivity contribution in [3.8, 4) is 5.75 Å². The van der Waals surface area contributed by atoms with Gasteiger partial charge in [0.05, 0.1) is 7.11 Å². The smallest absolute Gasteiger partial charge is 0.244 e. The van der Waals surface area contributed by atoms with Gasteiger partial charge in [-0.25, -0.2) is 4.39 Å². The van der Waals surface area contributed by atoms with Crippen LogP contribution in [0.5, 0.6) is 5.75 Å². The van der Waals surface area contributed by atoms with Crippen molar-refractivity contribution in [1.29, 1.82) is 0 Å². The third-order valence-corrected chi connectivity index (χ3v) is 3.30. The molecule has 2 aromatic carbocycles. The molecule has 114 valence electrons. The summed E-state index contributed by atoms with van der Waals surface area (Å²) in [7, 11) is 1.61. The van der Waals surface area contributed by atoms with Crippen LogP contribution in [0.4, 0.5) is 4.39 Å². The van der Waals surface area contributed by atoms with Crippen molar-refractivity contribution in [2.75, 3.05) is 7.11 Å². The second kappa shape index (κ2) is 7.41. The number of hydrogen-bond acceptors (Lipinski definition) is 2. The summed E-state index contributed by atoms with van der Waals surface area (Å²) >= 11 is 0. The van der Waals surface area contributed by atoms with Crippen molar-refractivity contribution in [2.45, 2.75) is 13.5 Å². The first-order chi connectivity index (χ1) is 10.6. The minimum absolute atomic E-state index is 0.165. The number of carbonyl (C=O) groups excluding carboxylic acids is 1. The van der Waals surface area contributed by atoms with Crippen LogP contribution in [-0.2, 0) is 11.3 Å². The van der Waals surface area contributed by atoms with E-state index < -0.39 is 0 Å². The molecule has 4 heteroatoms. The molecule has 22 heavy (non-hydrogen) atoms. The van der Waals surface area contributed by atoms with Crippen LogP contribution >= 0.6 is 0 Å². The average molecular weight is 299 g/mol. The quantitative estimate of drug-likeness (QED) is 0.857. The summed E-state index contributed by atoms with van der Waals surface area (Å²) in [6.07, 6.45) is 1.50. The fourth-order valence-electron chi connectivity index (χ4n) is 2.01. The Balaban J connectivity index is 1.98. The van der Waals surface area contributed by atoms with Crippen LogP contribution in [0.1, 0.15) is 18.1 Å². The number of nitrogens with one attached hydrogen (secondary N) is 1. The lowest BCUT2D eigenvalue weighted by atomic mass is 10.1. The number of allylic oxidation sites excluding steroid dienone is 1. The van der Waals surface area contributed by atoms with E-state index >= 15 is 0 Å². The van der Waals surface area contributed by atoms with E-state index in [9.17, 15) is 9.18 Å². The highest BCUT2D eigenvalue weighted by atomic mass is 19.1. The molecule has 2 aromatic rings. The molecule has 2 rings (SSSR count). The fourth-order valence-corrected chi connectivity index (χ4v) is 2.01. The van der Waals surface area contributed by atoms with Crippen molar-refractivity contribution >= 4 is 11.5 Å². The predicted molar refractivity (Wildman–Crippen MR) is 84.9 cm³/mol. The minimum Gasteiger partial charge on any atom is -0.497 e. The third-order valence-electron chi connectivity index (χ3n) is 3.30. The Morgan fingerprint density at radius 3 is 2.50 bits per heavy atom. The normalized spacial score (nSPS) is 11.1. The first-order valence-electron chi connectivity index (χ1n) is 6.94. The Labute approximate surface area is 129 Å². The van der Waals surface area contributed by atoms with Gasteiger partial charge in [0.2, 0.25) is 5.91 Å². The van der Waals surface area contributed by atoms with Crippen LogP contribution in [0.15, 0.2) is 54.6 Å². The average Bonchev–Trinajstić information content (AvgIpc) is 2.54. The van der Waals surface area contributed by atoms with Gasteiger partial charge in [-0.2, -0.15) is 0 Å². The lowest BCUT2D eigenvalue weighted by Gasteiger charge is -2.06. The maximum atomic E-state index is 13.5. The fraction of sp³-hybridized carbons (Fsp3) is 0.167. The number of rotatable bonds is 5. The number of hydrogen-bond donors (Lipinski definition) is 1. The highest BCUT2D eigenvalue weighted by Crippen LogP contribution is 2.18. The van der Waals surface area contributed by atoms with E-state index in [1.807, 2.05) is 31.2 Å². The Hall–Kier alpha value is -2.62. The van der Waals surface area contributed by atoms with Gasteiger partial charge in [0, 0.05) is 18.2 Å².